The van der Waals surface area contributed by atoms with Gasteiger partial charge in [0.2, 0.25) is 11.8 Å². The summed E-state index contributed by atoms with van der Waals surface area (Å²) in [6.45, 7) is 8.17. The number of carbonyl (C=O) groups excluding carboxylic acids is 3. The summed E-state index contributed by atoms with van der Waals surface area (Å²) >= 11 is 0. The first-order valence-electron chi connectivity index (χ1n) is 9.34. The Balaban J connectivity index is 1.57. The van der Waals surface area contributed by atoms with E-state index in [4.69, 9.17) is 0 Å². The van der Waals surface area contributed by atoms with Gasteiger partial charge in [0.15, 0.2) is 0 Å². The average Bonchev–Trinajstić information content (AvgIpc) is 2.64. The first kappa shape index (κ1) is 19.1. The SMILES string of the molecule is Cc1cc(C)c(CC(=O)N2CCN(C(=O)C3=NNC(=O)CC3)CC2)c(C)c1. The fraction of sp³-hybridized carbons (Fsp3) is 0.500. The highest BCUT2D eigenvalue weighted by Crippen LogP contribution is 2.18. The molecule has 7 nitrogen and oxygen atoms in total. The Bertz CT molecular complexity index is 784. The fourth-order valence-electron chi connectivity index (χ4n) is 3.72. The highest BCUT2D eigenvalue weighted by molar-refractivity contribution is 6.39. The molecule has 0 aromatic heterocycles. The van der Waals surface area contributed by atoms with E-state index in [1.165, 1.54) is 5.56 Å². The molecule has 1 saturated heterocycles. The van der Waals surface area contributed by atoms with E-state index in [0.29, 0.717) is 44.7 Å². The zero-order chi connectivity index (χ0) is 19.6. The third-order valence-corrected chi connectivity index (χ3v) is 5.24. The number of hydrogen-bond donors (Lipinski definition) is 1. The Morgan fingerprint density at radius 1 is 1.00 bits per heavy atom. The monoisotopic (exact) mass is 370 g/mol. The molecule has 2 heterocycles. The van der Waals surface area contributed by atoms with Crippen LogP contribution in [0.3, 0.4) is 0 Å². The number of rotatable bonds is 3. The van der Waals surface area contributed by atoms with Crippen LogP contribution in [0.1, 0.15) is 35.1 Å². The molecule has 1 aromatic rings. The first-order valence-corrected chi connectivity index (χ1v) is 9.34. The van der Waals surface area contributed by atoms with Crippen LogP contribution in [-0.4, -0.2) is 59.4 Å². The summed E-state index contributed by atoms with van der Waals surface area (Å²) in [6, 6.07) is 4.21. The second-order valence-corrected chi connectivity index (χ2v) is 7.32. The molecule has 1 aromatic carbocycles. The molecule has 0 spiro atoms. The van der Waals surface area contributed by atoms with Crippen molar-refractivity contribution in [3.63, 3.8) is 0 Å². The quantitative estimate of drug-likeness (QED) is 0.865. The van der Waals surface area contributed by atoms with Gasteiger partial charge in [-0.1, -0.05) is 17.7 Å². The highest BCUT2D eigenvalue weighted by atomic mass is 16.2. The van der Waals surface area contributed by atoms with Gasteiger partial charge >= 0.3 is 0 Å². The number of hydrazone groups is 1. The first-order chi connectivity index (χ1) is 12.8. The van der Waals surface area contributed by atoms with E-state index in [9.17, 15) is 14.4 Å². The number of amides is 3. The van der Waals surface area contributed by atoms with Crippen LogP contribution in [-0.2, 0) is 20.8 Å². The molecule has 0 radical (unpaired) electrons. The molecule has 2 aliphatic rings. The Morgan fingerprint density at radius 3 is 2.15 bits per heavy atom. The van der Waals surface area contributed by atoms with E-state index in [-0.39, 0.29) is 24.1 Å². The topological polar surface area (TPSA) is 82.1 Å². The Morgan fingerprint density at radius 2 is 1.59 bits per heavy atom. The maximum atomic E-state index is 12.7. The Labute approximate surface area is 159 Å². The van der Waals surface area contributed by atoms with Gasteiger partial charge < -0.3 is 9.80 Å². The molecule has 3 rings (SSSR count). The van der Waals surface area contributed by atoms with Crippen molar-refractivity contribution in [3.8, 4) is 0 Å². The summed E-state index contributed by atoms with van der Waals surface area (Å²) in [5, 5.41) is 3.87. The lowest BCUT2D eigenvalue weighted by atomic mass is 9.97. The van der Waals surface area contributed by atoms with E-state index >= 15 is 0 Å². The van der Waals surface area contributed by atoms with Crippen LogP contribution in [0.5, 0.6) is 0 Å². The number of piperazine rings is 1. The average molecular weight is 370 g/mol. The minimum Gasteiger partial charge on any atom is -0.339 e. The predicted molar refractivity (Wildman–Crippen MR) is 102 cm³/mol. The second kappa shape index (κ2) is 7.90. The largest absolute Gasteiger partial charge is 0.339 e. The van der Waals surface area contributed by atoms with Gasteiger partial charge in [0, 0.05) is 39.0 Å². The Kier molecular flexibility index (Phi) is 5.58. The molecule has 0 aliphatic carbocycles. The Hall–Kier alpha value is -2.70. The molecule has 1 N–H and O–H groups in total. The fourth-order valence-corrected chi connectivity index (χ4v) is 3.72. The lowest BCUT2D eigenvalue weighted by Gasteiger charge is -2.35. The van der Waals surface area contributed by atoms with Gasteiger partial charge in [0.1, 0.15) is 5.71 Å². The minimum absolute atomic E-state index is 0.0967. The third-order valence-electron chi connectivity index (χ3n) is 5.24. The van der Waals surface area contributed by atoms with Crippen LogP contribution in [0.15, 0.2) is 17.2 Å². The van der Waals surface area contributed by atoms with E-state index < -0.39 is 0 Å². The van der Waals surface area contributed by atoms with Gasteiger partial charge in [-0.3, -0.25) is 14.4 Å². The molecule has 27 heavy (non-hydrogen) atoms. The molecule has 0 unspecified atom stereocenters. The van der Waals surface area contributed by atoms with Crippen molar-refractivity contribution in [1.82, 2.24) is 15.2 Å². The minimum atomic E-state index is -0.163. The van der Waals surface area contributed by atoms with E-state index in [1.54, 1.807) is 4.90 Å². The molecular formula is C20H26N4O3. The smallest absolute Gasteiger partial charge is 0.270 e. The number of nitrogens with one attached hydrogen (secondary N) is 1. The van der Waals surface area contributed by atoms with Crippen LogP contribution in [0, 0.1) is 20.8 Å². The number of benzene rings is 1. The van der Waals surface area contributed by atoms with Gasteiger partial charge in [-0.2, -0.15) is 5.10 Å². The molecule has 0 saturated carbocycles. The summed E-state index contributed by atoms with van der Waals surface area (Å²) in [5.74, 6) is -0.213. The number of carbonyl (C=O) groups is 3. The summed E-state index contributed by atoms with van der Waals surface area (Å²) in [6.07, 6.45) is 1.05. The summed E-state index contributed by atoms with van der Waals surface area (Å²) in [7, 11) is 0. The zero-order valence-electron chi connectivity index (χ0n) is 16.2. The standard InChI is InChI=1S/C20H26N4O3/c1-13-10-14(2)16(15(3)11-13)12-19(26)23-6-8-24(9-7-23)20(27)17-4-5-18(25)22-21-17/h10-11H,4-9,12H2,1-3H3,(H,22,25). The summed E-state index contributed by atoms with van der Waals surface area (Å²) in [4.78, 5) is 39.9. The van der Waals surface area contributed by atoms with Crippen molar-refractivity contribution < 1.29 is 14.4 Å². The number of aryl methyl sites for hydroxylation is 3. The lowest BCUT2D eigenvalue weighted by Crippen LogP contribution is -2.53. The van der Waals surface area contributed by atoms with Gasteiger partial charge in [-0.25, -0.2) is 5.43 Å². The molecule has 144 valence electrons. The van der Waals surface area contributed by atoms with Crippen LogP contribution in [0.25, 0.3) is 0 Å². The van der Waals surface area contributed by atoms with Crippen molar-refractivity contribution in [3.05, 3.63) is 34.4 Å². The number of nitrogens with zero attached hydrogens (tertiary/aromatic N) is 3. The van der Waals surface area contributed by atoms with Crippen molar-refractivity contribution in [2.75, 3.05) is 26.2 Å². The molecular weight excluding hydrogens is 344 g/mol. The maximum Gasteiger partial charge on any atom is 0.270 e. The molecule has 0 atom stereocenters. The van der Waals surface area contributed by atoms with Gasteiger partial charge in [-0.15, -0.1) is 0 Å². The van der Waals surface area contributed by atoms with Crippen molar-refractivity contribution in [1.29, 1.82) is 0 Å². The zero-order valence-corrected chi connectivity index (χ0v) is 16.2. The summed E-state index contributed by atoms with van der Waals surface area (Å²) < 4.78 is 0. The van der Waals surface area contributed by atoms with Crippen LogP contribution in [0.2, 0.25) is 0 Å². The molecule has 1 fully saturated rings. The van der Waals surface area contributed by atoms with E-state index in [2.05, 4.69) is 29.6 Å². The normalized spacial score (nSPS) is 17.4. The van der Waals surface area contributed by atoms with Crippen LogP contribution in [0.4, 0.5) is 0 Å². The molecule has 7 heteroatoms. The molecule has 2 aliphatic heterocycles. The van der Waals surface area contributed by atoms with Gasteiger partial charge in [0.25, 0.3) is 5.91 Å². The van der Waals surface area contributed by atoms with Crippen molar-refractivity contribution in [2.45, 2.75) is 40.0 Å². The summed E-state index contributed by atoms with van der Waals surface area (Å²) in [5.41, 5.74) is 7.34. The van der Waals surface area contributed by atoms with Crippen LogP contribution < -0.4 is 5.43 Å². The van der Waals surface area contributed by atoms with Crippen molar-refractivity contribution >= 4 is 23.4 Å². The number of hydrogen-bond acceptors (Lipinski definition) is 4. The second-order valence-electron chi connectivity index (χ2n) is 7.32. The predicted octanol–water partition coefficient (Wildman–Crippen LogP) is 1.09. The van der Waals surface area contributed by atoms with Gasteiger partial charge in [0.05, 0.1) is 6.42 Å². The lowest BCUT2D eigenvalue weighted by molar-refractivity contribution is -0.136. The molecule has 3 amide bonds. The van der Waals surface area contributed by atoms with E-state index in [0.717, 1.165) is 16.7 Å². The van der Waals surface area contributed by atoms with Crippen LogP contribution >= 0.6 is 0 Å². The third kappa shape index (κ3) is 4.35. The highest BCUT2D eigenvalue weighted by Gasteiger charge is 2.28. The maximum absolute atomic E-state index is 12.7. The molecule has 0 bridgehead atoms. The van der Waals surface area contributed by atoms with Crippen molar-refractivity contribution in [2.24, 2.45) is 5.10 Å². The van der Waals surface area contributed by atoms with Gasteiger partial charge in [-0.05, 0) is 37.5 Å². The van der Waals surface area contributed by atoms with E-state index in [1.807, 2.05) is 18.7 Å².